The fraction of sp³-hybridized carbons (Fsp3) is 0.784. The average Bonchev–Trinajstić information content (AvgIpc) is 3.16. The van der Waals surface area contributed by atoms with Crippen LogP contribution in [0, 0.1) is 12.3 Å². The van der Waals surface area contributed by atoms with Gasteiger partial charge >= 0.3 is 5.97 Å². The highest BCUT2D eigenvalue weighted by molar-refractivity contribution is 5.84. The lowest BCUT2D eigenvalue weighted by atomic mass is 9.97. The number of aliphatic hydroxyl groups excluding tert-OH is 1. The number of ether oxygens (including phenoxy) is 8. The molecule has 0 fully saturated rings. The van der Waals surface area contributed by atoms with Crippen molar-refractivity contribution in [2.24, 2.45) is 0 Å². The molecule has 3 atom stereocenters. The van der Waals surface area contributed by atoms with Crippen LogP contribution in [-0.2, 0) is 57.1 Å². The summed E-state index contributed by atoms with van der Waals surface area (Å²) in [6, 6.07) is -0.591. The minimum Gasteiger partial charge on any atom is -0.478 e. The zero-order valence-electron chi connectivity index (χ0n) is 32.6. The molecule has 0 aromatic rings. The molecule has 316 valence electrons. The van der Waals surface area contributed by atoms with E-state index in [1.54, 1.807) is 0 Å². The van der Waals surface area contributed by atoms with Gasteiger partial charge in [0.2, 0.25) is 23.5 Å². The number of nitrogens with one attached hydrogen (secondary N) is 3. The van der Waals surface area contributed by atoms with Gasteiger partial charge in [0.15, 0.2) is 0 Å². The Labute approximate surface area is 325 Å². The summed E-state index contributed by atoms with van der Waals surface area (Å²) in [6.07, 6.45) is 6.74. The number of hydrogen-bond donors (Lipinski definition) is 5. The van der Waals surface area contributed by atoms with Gasteiger partial charge in [0.05, 0.1) is 71.6 Å². The number of nitrogens with zero attached hydrogens (tertiary/aromatic N) is 1. The van der Waals surface area contributed by atoms with Crippen molar-refractivity contribution in [1.29, 1.82) is 0 Å². The predicted molar refractivity (Wildman–Crippen MR) is 200 cm³/mol. The van der Waals surface area contributed by atoms with Gasteiger partial charge < -0.3 is 64.1 Å². The highest BCUT2D eigenvalue weighted by Crippen LogP contribution is 2.24. The van der Waals surface area contributed by atoms with Gasteiger partial charge in [0, 0.05) is 72.3 Å². The van der Waals surface area contributed by atoms with Crippen molar-refractivity contribution in [2.75, 3.05) is 125 Å². The summed E-state index contributed by atoms with van der Waals surface area (Å²) < 4.78 is 44.7. The molecule has 1 heterocycles. The first-order valence-corrected chi connectivity index (χ1v) is 19.0. The Balaban J connectivity index is 2.36. The summed E-state index contributed by atoms with van der Waals surface area (Å²) in [5.74, 6) is 0.142. The number of aliphatic hydroxyl groups is 1. The quantitative estimate of drug-likeness (QED) is 0.0398. The molecular weight excluding hydrogens is 724 g/mol. The van der Waals surface area contributed by atoms with Crippen LogP contribution in [0.3, 0.4) is 0 Å². The molecule has 1 aliphatic rings. The Morgan fingerprint density at radius 3 is 1.89 bits per heavy atom. The molecule has 0 spiro atoms. The standard InChI is InChI=1S/C37H64N4O14/c1-4-17-48-23-25-52-27-28-53-26-24-51-22-15-41(13-20-49-18-6-11-38-34(44)5-2)14-21-50-19-7-12-39-35(45)29-54-32(10-16-42)36-31(40-30(3)43)8-9-33(55-36)37(46)47/h1,9,31-32,36,42H,5-8,10-29H2,2-3H3,(H,38,44)(H,39,45)(H,40,43)(H,46,47)/t31-,32-,36-/m1/s1. The second-order valence-electron chi connectivity index (χ2n) is 12.3. The van der Waals surface area contributed by atoms with Crippen LogP contribution in [0.5, 0.6) is 0 Å². The summed E-state index contributed by atoms with van der Waals surface area (Å²) in [5.41, 5.74) is 0. The van der Waals surface area contributed by atoms with E-state index < -0.39 is 30.1 Å². The average molecular weight is 789 g/mol. The zero-order valence-corrected chi connectivity index (χ0v) is 32.6. The molecule has 0 unspecified atom stereocenters. The molecule has 0 radical (unpaired) electrons. The minimum atomic E-state index is -1.26. The maximum Gasteiger partial charge on any atom is 0.370 e. The molecule has 0 bridgehead atoms. The molecular formula is C37H64N4O14. The second kappa shape index (κ2) is 33.9. The second-order valence-corrected chi connectivity index (χ2v) is 12.3. The predicted octanol–water partition coefficient (Wildman–Crippen LogP) is -0.526. The third kappa shape index (κ3) is 27.0. The monoisotopic (exact) mass is 788 g/mol. The van der Waals surface area contributed by atoms with Crippen LogP contribution in [0.1, 0.15) is 46.0 Å². The number of hydrogen-bond acceptors (Lipinski definition) is 14. The molecule has 18 heteroatoms. The molecule has 55 heavy (non-hydrogen) atoms. The van der Waals surface area contributed by atoms with Gasteiger partial charge in [-0.2, -0.15) is 0 Å². The Morgan fingerprint density at radius 1 is 0.855 bits per heavy atom. The lowest BCUT2D eigenvalue weighted by molar-refractivity contribution is -0.146. The number of carbonyl (C=O) groups is 4. The Bertz CT molecular complexity index is 1120. The van der Waals surface area contributed by atoms with Crippen LogP contribution in [0.2, 0.25) is 0 Å². The van der Waals surface area contributed by atoms with Gasteiger partial charge in [0.1, 0.15) is 19.3 Å². The van der Waals surface area contributed by atoms with E-state index in [4.69, 9.17) is 44.3 Å². The molecule has 0 saturated carbocycles. The summed E-state index contributed by atoms with van der Waals surface area (Å²) in [4.78, 5) is 49.2. The van der Waals surface area contributed by atoms with Gasteiger partial charge in [-0.05, 0) is 25.3 Å². The van der Waals surface area contributed by atoms with Crippen molar-refractivity contribution in [3.8, 4) is 12.3 Å². The summed E-state index contributed by atoms with van der Waals surface area (Å²) in [7, 11) is 0. The molecule has 0 aliphatic carbocycles. The largest absolute Gasteiger partial charge is 0.478 e. The van der Waals surface area contributed by atoms with Gasteiger partial charge in [0.25, 0.3) is 0 Å². The van der Waals surface area contributed by atoms with Crippen LogP contribution in [0.4, 0.5) is 0 Å². The normalized spacial score (nSPS) is 15.8. The van der Waals surface area contributed by atoms with Gasteiger partial charge in [-0.25, -0.2) is 4.79 Å². The van der Waals surface area contributed by atoms with E-state index in [0.29, 0.717) is 118 Å². The maximum atomic E-state index is 12.5. The zero-order chi connectivity index (χ0) is 40.4. The van der Waals surface area contributed by atoms with Gasteiger partial charge in [-0.1, -0.05) is 12.8 Å². The van der Waals surface area contributed by atoms with Crippen molar-refractivity contribution in [2.45, 2.75) is 64.2 Å². The van der Waals surface area contributed by atoms with Crippen molar-refractivity contribution in [1.82, 2.24) is 20.9 Å². The Hall–Kier alpha value is -3.38. The SMILES string of the molecule is C#CCOCCOCCOCCOCCN(CCOCCCNC(=O)CC)CCOCCCNC(=O)CO[C@H](CCO)[C@@H]1OC(C(=O)O)=CC[C@H]1NC(C)=O. The number of terminal acetylenes is 1. The number of aliphatic carboxylic acids is 1. The van der Waals surface area contributed by atoms with Gasteiger partial charge in [-0.15, -0.1) is 6.42 Å². The highest BCUT2D eigenvalue weighted by atomic mass is 16.6. The van der Waals surface area contributed by atoms with Crippen molar-refractivity contribution in [3.05, 3.63) is 11.8 Å². The number of carboxylic acid groups (broad SMARTS) is 1. The van der Waals surface area contributed by atoms with Crippen LogP contribution in [0.25, 0.3) is 0 Å². The number of amides is 3. The fourth-order valence-corrected chi connectivity index (χ4v) is 5.06. The summed E-state index contributed by atoms with van der Waals surface area (Å²) >= 11 is 0. The number of rotatable bonds is 36. The Morgan fingerprint density at radius 2 is 1.38 bits per heavy atom. The van der Waals surface area contributed by atoms with Crippen LogP contribution >= 0.6 is 0 Å². The number of carbonyl (C=O) groups excluding carboxylic acids is 3. The molecule has 1 aliphatic heterocycles. The fourth-order valence-electron chi connectivity index (χ4n) is 5.06. The van der Waals surface area contributed by atoms with E-state index in [9.17, 15) is 29.4 Å². The molecule has 5 N–H and O–H groups in total. The van der Waals surface area contributed by atoms with E-state index in [0.717, 1.165) is 6.42 Å². The molecule has 3 amide bonds. The third-order valence-electron chi connectivity index (χ3n) is 7.88. The van der Waals surface area contributed by atoms with E-state index in [1.807, 2.05) is 6.92 Å². The third-order valence-corrected chi connectivity index (χ3v) is 7.88. The lowest BCUT2D eigenvalue weighted by Crippen LogP contribution is -2.52. The molecule has 18 nitrogen and oxygen atoms in total. The molecule has 0 saturated heterocycles. The van der Waals surface area contributed by atoms with Crippen LogP contribution in [0.15, 0.2) is 11.8 Å². The van der Waals surface area contributed by atoms with Crippen LogP contribution in [-0.4, -0.2) is 182 Å². The molecule has 0 aromatic carbocycles. The van der Waals surface area contributed by atoms with E-state index in [1.165, 1.54) is 13.0 Å². The molecule has 0 aromatic heterocycles. The van der Waals surface area contributed by atoms with E-state index in [2.05, 4.69) is 26.8 Å². The van der Waals surface area contributed by atoms with Crippen molar-refractivity contribution >= 4 is 23.7 Å². The molecule has 1 rings (SSSR count). The summed E-state index contributed by atoms with van der Waals surface area (Å²) in [6.45, 7) is 10.8. The minimum absolute atomic E-state index is 0.0205. The first-order chi connectivity index (χ1) is 26.7. The maximum absolute atomic E-state index is 12.5. The van der Waals surface area contributed by atoms with E-state index in [-0.39, 0.29) is 50.2 Å². The summed E-state index contributed by atoms with van der Waals surface area (Å²) in [5, 5.41) is 27.3. The van der Waals surface area contributed by atoms with E-state index >= 15 is 0 Å². The van der Waals surface area contributed by atoms with Crippen molar-refractivity contribution in [3.63, 3.8) is 0 Å². The number of carboxylic acids is 1. The first kappa shape index (κ1) is 49.6. The van der Waals surface area contributed by atoms with Gasteiger partial charge in [-0.3, -0.25) is 19.3 Å². The van der Waals surface area contributed by atoms with Crippen LogP contribution < -0.4 is 16.0 Å². The van der Waals surface area contributed by atoms with Crippen molar-refractivity contribution < 1.29 is 67.3 Å². The highest BCUT2D eigenvalue weighted by Gasteiger charge is 2.37. The smallest absolute Gasteiger partial charge is 0.370 e. The first-order valence-electron chi connectivity index (χ1n) is 19.0. The Kier molecular flexibility index (Phi) is 30.6. The topological polar surface area (TPSA) is 222 Å². The lowest BCUT2D eigenvalue weighted by Gasteiger charge is -2.36.